The van der Waals surface area contributed by atoms with Crippen LogP contribution in [-0.4, -0.2) is 33.3 Å². The molecule has 1 fully saturated rings. The second-order valence-electron chi connectivity index (χ2n) is 9.64. The van der Waals surface area contributed by atoms with E-state index in [9.17, 15) is 19.7 Å². The predicted molar refractivity (Wildman–Crippen MR) is 161 cm³/mol. The van der Waals surface area contributed by atoms with Crippen molar-refractivity contribution in [2.75, 3.05) is 11.9 Å². The maximum absolute atomic E-state index is 13.5. The third-order valence-electron chi connectivity index (χ3n) is 6.77. The minimum absolute atomic E-state index is 0.0670. The van der Waals surface area contributed by atoms with Crippen molar-refractivity contribution in [1.29, 1.82) is 0 Å². The number of para-hydroxylation sites is 1. The van der Waals surface area contributed by atoms with Crippen LogP contribution in [0.4, 0.5) is 11.4 Å². The maximum Gasteiger partial charge on any atom is 0.313 e. The summed E-state index contributed by atoms with van der Waals surface area (Å²) in [7, 11) is 0. The molecule has 3 aromatic carbocycles. The van der Waals surface area contributed by atoms with Gasteiger partial charge in [0.05, 0.1) is 27.1 Å². The summed E-state index contributed by atoms with van der Waals surface area (Å²) in [6, 6.07) is 16.7. The van der Waals surface area contributed by atoms with Crippen LogP contribution in [-0.2, 0) is 4.79 Å². The quantitative estimate of drug-likeness (QED) is 0.130. The number of carbonyl (C=O) groups excluding carboxylic acids is 1. The van der Waals surface area contributed by atoms with Crippen molar-refractivity contribution in [2.24, 2.45) is 5.10 Å². The molecule has 210 valence electrons. The molecule has 1 aliphatic rings. The summed E-state index contributed by atoms with van der Waals surface area (Å²) >= 11 is 9.78. The average molecular weight is 639 g/mol. The van der Waals surface area contributed by atoms with E-state index in [1.807, 2.05) is 12.1 Å². The third-order valence-corrected chi connectivity index (χ3v) is 7.55. The SMILES string of the molecule is O=C(COc1c(Cl)cc(C=Nn2c(C3CCCCC3)nc3ccc(Br)cc3c2=O)cc1[N+](=O)[O-])Nc1ccccc1. The molecule has 0 bridgehead atoms. The Morgan fingerprint density at radius 3 is 2.66 bits per heavy atom. The Morgan fingerprint density at radius 1 is 1.17 bits per heavy atom. The van der Waals surface area contributed by atoms with E-state index in [1.165, 1.54) is 23.0 Å². The Bertz CT molecular complexity index is 1700. The number of anilines is 1. The third kappa shape index (κ3) is 6.63. The van der Waals surface area contributed by atoms with Crippen LogP contribution < -0.4 is 15.6 Å². The monoisotopic (exact) mass is 637 g/mol. The van der Waals surface area contributed by atoms with E-state index in [2.05, 4.69) is 26.3 Å². The smallest absolute Gasteiger partial charge is 0.313 e. The van der Waals surface area contributed by atoms with Crippen molar-refractivity contribution >= 4 is 61.9 Å². The molecular formula is C29H25BrClN5O5. The minimum atomic E-state index is -0.650. The summed E-state index contributed by atoms with van der Waals surface area (Å²) in [5.74, 6) is -0.116. The average Bonchev–Trinajstić information content (AvgIpc) is 2.97. The first-order valence-electron chi connectivity index (χ1n) is 13.0. The van der Waals surface area contributed by atoms with Gasteiger partial charge in [0.2, 0.25) is 5.75 Å². The van der Waals surface area contributed by atoms with Crippen molar-refractivity contribution in [3.8, 4) is 5.75 Å². The molecule has 1 amide bonds. The van der Waals surface area contributed by atoms with Crippen LogP contribution in [0.5, 0.6) is 5.75 Å². The molecule has 12 heteroatoms. The number of ether oxygens (including phenoxy) is 1. The number of benzene rings is 3. The fourth-order valence-corrected chi connectivity index (χ4v) is 5.47. The topological polar surface area (TPSA) is 129 Å². The fraction of sp³-hybridized carbons (Fsp3) is 0.241. The highest BCUT2D eigenvalue weighted by atomic mass is 79.9. The van der Waals surface area contributed by atoms with Gasteiger partial charge in [0, 0.05) is 27.7 Å². The zero-order valence-corrected chi connectivity index (χ0v) is 24.1. The molecule has 0 spiro atoms. The number of hydrogen-bond acceptors (Lipinski definition) is 7. The van der Waals surface area contributed by atoms with Crippen LogP contribution in [0, 0.1) is 10.1 Å². The minimum Gasteiger partial charge on any atom is -0.476 e. The lowest BCUT2D eigenvalue weighted by Crippen LogP contribution is -2.25. The van der Waals surface area contributed by atoms with Gasteiger partial charge in [-0.25, -0.2) is 4.98 Å². The number of aromatic nitrogens is 2. The van der Waals surface area contributed by atoms with Gasteiger partial charge in [0.15, 0.2) is 6.61 Å². The first-order chi connectivity index (χ1) is 19.8. The molecule has 0 unspecified atom stereocenters. The van der Waals surface area contributed by atoms with E-state index in [-0.39, 0.29) is 27.8 Å². The van der Waals surface area contributed by atoms with Crippen LogP contribution in [0.3, 0.4) is 0 Å². The maximum atomic E-state index is 13.5. The molecule has 0 aliphatic heterocycles. The largest absolute Gasteiger partial charge is 0.476 e. The molecular weight excluding hydrogens is 614 g/mol. The molecule has 10 nitrogen and oxygen atoms in total. The number of carbonyl (C=O) groups is 1. The van der Waals surface area contributed by atoms with Crippen molar-refractivity contribution in [2.45, 2.75) is 38.0 Å². The summed E-state index contributed by atoms with van der Waals surface area (Å²) in [5.41, 5.74) is 0.650. The standard InChI is InChI=1S/C29H25BrClN5O5/c30-20-11-12-24-22(15-20)29(38)35(28(34-24)19-7-3-1-4-8-19)32-16-18-13-23(31)27(25(14-18)36(39)40)41-17-26(37)33-21-9-5-2-6-10-21/h2,5-6,9-16,19H,1,3-4,7-8,17H2,(H,33,37). The number of nitrogens with one attached hydrogen (secondary N) is 1. The zero-order chi connectivity index (χ0) is 28.9. The van der Waals surface area contributed by atoms with Gasteiger partial charge in [0.25, 0.3) is 11.5 Å². The van der Waals surface area contributed by atoms with Crippen molar-refractivity contribution in [3.05, 3.63) is 102 Å². The molecule has 1 aliphatic carbocycles. The molecule has 1 aromatic heterocycles. The second-order valence-corrected chi connectivity index (χ2v) is 11.0. The molecule has 1 heterocycles. The molecule has 1 N–H and O–H groups in total. The molecule has 0 atom stereocenters. The van der Waals surface area contributed by atoms with Crippen LogP contribution in [0.25, 0.3) is 10.9 Å². The highest BCUT2D eigenvalue weighted by Crippen LogP contribution is 2.36. The number of hydrogen-bond donors (Lipinski definition) is 1. The highest BCUT2D eigenvalue weighted by molar-refractivity contribution is 9.10. The van der Waals surface area contributed by atoms with Crippen LogP contribution >= 0.6 is 27.5 Å². The molecule has 41 heavy (non-hydrogen) atoms. The Morgan fingerprint density at radius 2 is 1.93 bits per heavy atom. The number of amides is 1. The van der Waals surface area contributed by atoms with Gasteiger partial charge in [-0.2, -0.15) is 9.78 Å². The lowest BCUT2D eigenvalue weighted by Gasteiger charge is -2.22. The van der Waals surface area contributed by atoms with E-state index in [0.29, 0.717) is 22.4 Å². The Hall–Kier alpha value is -4.09. The first-order valence-corrected chi connectivity index (χ1v) is 14.2. The van der Waals surface area contributed by atoms with Crippen LogP contribution in [0.15, 0.2) is 75.0 Å². The van der Waals surface area contributed by atoms with E-state index < -0.39 is 23.1 Å². The summed E-state index contributed by atoms with van der Waals surface area (Å²) < 4.78 is 7.48. The number of nitrogens with zero attached hydrogens (tertiary/aromatic N) is 4. The second kappa shape index (κ2) is 12.6. The van der Waals surface area contributed by atoms with Crippen LogP contribution in [0.1, 0.15) is 49.4 Å². The summed E-state index contributed by atoms with van der Waals surface area (Å²) in [5, 5.41) is 19.3. The number of rotatable bonds is 8. The van der Waals surface area contributed by atoms with Crippen molar-refractivity contribution < 1.29 is 14.5 Å². The lowest BCUT2D eigenvalue weighted by atomic mass is 9.88. The summed E-state index contributed by atoms with van der Waals surface area (Å²) in [6.07, 6.45) is 6.33. The summed E-state index contributed by atoms with van der Waals surface area (Å²) in [4.78, 5) is 41.9. The number of fused-ring (bicyclic) bond motifs is 1. The Labute approximate surface area is 248 Å². The van der Waals surface area contributed by atoms with Gasteiger partial charge in [-0.05, 0) is 49.2 Å². The molecule has 5 rings (SSSR count). The van der Waals surface area contributed by atoms with Gasteiger partial charge in [-0.3, -0.25) is 19.7 Å². The van der Waals surface area contributed by atoms with Gasteiger partial charge < -0.3 is 10.1 Å². The van der Waals surface area contributed by atoms with Gasteiger partial charge in [-0.1, -0.05) is 65.0 Å². The lowest BCUT2D eigenvalue weighted by molar-refractivity contribution is -0.385. The fourth-order valence-electron chi connectivity index (χ4n) is 4.84. The van der Waals surface area contributed by atoms with Crippen LogP contribution in [0.2, 0.25) is 5.02 Å². The first kappa shape index (κ1) is 28.4. The zero-order valence-electron chi connectivity index (χ0n) is 21.8. The van der Waals surface area contributed by atoms with Gasteiger partial charge in [-0.15, -0.1) is 0 Å². The van der Waals surface area contributed by atoms with E-state index >= 15 is 0 Å². The molecule has 0 radical (unpaired) electrons. The Balaban J connectivity index is 1.46. The Kier molecular flexibility index (Phi) is 8.75. The number of halogens is 2. The predicted octanol–water partition coefficient (Wildman–Crippen LogP) is 6.67. The van der Waals surface area contributed by atoms with Gasteiger partial charge in [0.1, 0.15) is 5.82 Å². The number of nitro groups is 1. The van der Waals surface area contributed by atoms with E-state index in [1.54, 1.807) is 36.4 Å². The van der Waals surface area contributed by atoms with Crippen molar-refractivity contribution in [1.82, 2.24) is 9.66 Å². The molecule has 0 saturated heterocycles. The molecule has 4 aromatic rings. The van der Waals surface area contributed by atoms with E-state index in [0.717, 1.165) is 36.6 Å². The van der Waals surface area contributed by atoms with Crippen molar-refractivity contribution in [3.63, 3.8) is 0 Å². The normalized spacial score (nSPS) is 13.9. The number of nitro benzene ring substituents is 1. The van der Waals surface area contributed by atoms with Gasteiger partial charge >= 0.3 is 5.69 Å². The molecule has 1 saturated carbocycles. The van der Waals surface area contributed by atoms with E-state index in [4.69, 9.17) is 21.3 Å². The highest BCUT2D eigenvalue weighted by Gasteiger charge is 2.24. The summed E-state index contributed by atoms with van der Waals surface area (Å²) in [6.45, 7) is -0.485.